The second-order valence-electron chi connectivity index (χ2n) is 5.09. The van der Waals surface area contributed by atoms with Gasteiger partial charge >= 0.3 is 0 Å². The third kappa shape index (κ3) is 1.96. The molecule has 0 amide bonds. The molecule has 0 aliphatic heterocycles. The molecular formula is C12H19N3O3. The standard InChI is InChI=1S/C12H19N3O3/c1-12(2)7(5-8(12)17-3)15-10-9(18-4)11(16)14-6-13-10/h6-8H,5H2,1-4H3,(H2,13,14,15,16). The van der Waals surface area contributed by atoms with Crippen LogP contribution in [0.1, 0.15) is 20.3 Å². The van der Waals surface area contributed by atoms with Crippen LogP contribution in [0.15, 0.2) is 11.1 Å². The van der Waals surface area contributed by atoms with Crippen LogP contribution in [0, 0.1) is 5.41 Å². The monoisotopic (exact) mass is 253 g/mol. The molecule has 6 nitrogen and oxygen atoms in total. The highest BCUT2D eigenvalue weighted by molar-refractivity contribution is 5.49. The van der Waals surface area contributed by atoms with Crippen LogP contribution in [-0.2, 0) is 4.74 Å². The molecule has 1 saturated carbocycles. The smallest absolute Gasteiger partial charge is 0.295 e. The number of methoxy groups -OCH3 is 2. The number of aromatic nitrogens is 2. The summed E-state index contributed by atoms with van der Waals surface area (Å²) in [4.78, 5) is 18.2. The molecule has 1 aliphatic rings. The molecule has 6 heteroatoms. The molecule has 1 aromatic rings. The molecule has 0 aromatic carbocycles. The maximum absolute atomic E-state index is 11.6. The third-order valence-corrected chi connectivity index (χ3v) is 3.79. The van der Waals surface area contributed by atoms with Crippen molar-refractivity contribution in [1.82, 2.24) is 9.97 Å². The first kappa shape index (κ1) is 12.9. The van der Waals surface area contributed by atoms with Gasteiger partial charge in [-0.1, -0.05) is 13.8 Å². The number of hydrogen-bond acceptors (Lipinski definition) is 5. The minimum Gasteiger partial charge on any atom is -0.489 e. The molecule has 2 N–H and O–H groups in total. The van der Waals surface area contributed by atoms with E-state index in [1.54, 1.807) is 7.11 Å². The molecule has 0 spiro atoms. The van der Waals surface area contributed by atoms with Crippen molar-refractivity contribution in [1.29, 1.82) is 0 Å². The van der Waals surface area contributed by atoms with E-state index in [1.807, 2.05) is 0 Å². The quantitative estimate of drug-likeness (QED) is 0.837. The number of H-pyrrole nitrogens is 1. The highest BCUT2D eigenvalue weighted by atomic mass is 16.5. The van der Waals surface area contributed by atoms with Gasteiger partial charge in [0.25, 0.3) is 5.56 Å². The first-order valence-electron chi connectivity index (χ1n) is 5.91. The molecular weight excluding hydrogens is 234 g/mol. The Morgan fingerprint density at radius 3 is 2.78 bits per heavy atom. The van der Waals surface area contributed by atoms with Crippen LogP contribution in [0.3, 0.4) is 0 Å². The minimum atomic E-state index is -0.282. The lowest BCUT2D eigenvalue weighted by atomic mass is 9.64. The molecule has 18 heavy (non-hydrogen) atoms. The van der Waals surface area contributed by atoms with E-state index in [-0.39, 0.29) is 28.9 Å². The maximum atomic E-state index is 11.6. The molecule has 2 unspecified atom stereocenters. The predicted octanol–water partition coefficient (Wildman–Crippen LogP) is 1.00. The molecule has 2 atom stereocenters. The first-order chi connectivity index (χ1) is 8.50. The first-order valence-corrected chi connectivity index (χ1v) is 5.91. The molecule has 1 aliphatic carbocycles. The summed E-state index contributed by atoms with van der Waals surface area (Å²) in [6.07, 6.45) is 2.48. The third-order valence-electron chi connectivity index (χ3n) is 3.79. The van der Waals surface area contributed by atoms with Gasteiger partial charge in [0.05, 0.1) is 19.5 Å². The second kappa shape index (κ2) is 4.61. The molecule has 0 bridgehead atoms. The lowest BCUT2D eigenvalue weighted by molar-refractivity contribution is -0.0796. The van der Waals surface area contributed by atoms with E-state index in [9.17, 15) is 4.79 Å². The average molecular weight is 253 g/mol. The lowest BCUT2D eigenvalue weighted by Crippen LogP contribution is -2.57. The zero-order valence-electron chi connectivity index (χ0n) is 11.1. The lowest BCUT2D eigenvalue weighted by Gasteiger charge is -2.51. The fourth-order valence-corrected chi connectivity index (χ4v) is 2.37. The number of ether oxygens (including phenoxy) is 2. The van der Waals surface area contributed by atoms with Crippen molar-refractivity contribution in [3.05, 3.63) is 16.7 Å². The summed E-state index contributed by atoms with van der Waals surface area (Å²) in [5, 5.41) is 3.26. The van der Waals surface area contributed by atoms with Gasteiger partial charge in [-0.15, -0.1) is 0 Å². The van der Waals surface area contributed by atoms with Crippen molar-refractivity contribution in [2.45, 2.75) is 32.4 Å². The van der Waals surface area contributed by atoms with Crippen LogP contribution in [0.5, 0.6) is 5.75 Å². The average Bonchev–Trinajstić information content (AvgIpc) is 2.34. The van der Waals surface area contributed by atoms with Gasteiger partial charge in [-0.3, -0.25) is 4.79 Å². The molecule has 0 saturated heterocycles. The number of rotatable bonds is 4. The summed E-state index contributed by atoms with van der Waals surface area (Å²) in [5.74, 6) is 0.697. The highest BCUT2D eigenvalue weighted by Gasteiger charge is 2.49. The van der Waals surface area contributed by atoms with E-state index in [1.165, 1.54) is 13.4 Å². The number of nitrogens with one attached hydrogen (secondary N) is 2. The van der Waals surface area contributed by atoms with Gasteiger partial charge in [-0.2, -0.15) is 0 Å². The molecule has 0 radical (unpaired) electrons. The van der Waals surface area contributed by atoms with Crippen LogP contribution in [0.4, 0.5) is 5.82 Å². The zero-order chi connectivity index (χ0) is 13.3. The molecule has 1 fully saturated rings. The number of hydrogen-bond donors (Lipinski definition) is 2. The highest BCUT2D eigenvalue weighted by Crippen LogP contribution is 2.44. The van der Waals surface area contributed by atoms with Crippen LogP contribution >= 0.6 is 0 Å². The van der Waals surface area contributed by atoms with Crippen molar-refractivity contribution in [3.8, 4) is 5.75 Å². The Morgan fingerprint density at radius 1 is 1.50 bits per heavy atom. The van der Waals surface area contributed by atoms with E-state index in [2.05, 4.69) is 29.1 Å². The number of anilines is 1. The van der Waals surface area contributed by atoms with Crippen LogP contribution in [0.25, 0.3) is 0 Å². The Kier molecular flexibility index (Phi) is 3.30. The summed E-state index contributed by atoms with van der Waals surface area (Å²) in [6.45, 7) is 4.25. The van der Waals surface area contributed by atoms with Gasteiger partial charge in [0.15, 0.2) is 5.82 Å². The normalized spacial score (nSPS) is 25.3. The van der Waals surface area contributed by atoms with Gasteiger partial charge in [0.2, 0.25) is 5.75 Å². The van der Waals surface area contributed by atoms with Crippen LogP contribution in [0.2, 0.25) is 0 Å². The summed E-state index contributed by atoms with van der Waals surface area (Å²) in [5.41, 5.74) is -0.278. The maximum Gasteiger partial charge on any atom is 0.295 e. The Morgan fingerprint density at radius 2 is 2.22 bits per heavy atom. The molecule has 1 aromatic heterocycles. The largest absolute Gasteiger partial charge is 0.489 e. The van der Waals surface area contributed by atoms with Gasteiger partial charge in [-0.05, 0) is 6.42 Å². The summed E-state index contributed by atoms with van der Waals surface area (Å²) in [6, 6.07) is 0.214. The van der Waals surface area contributed by atoms with Crippen molar-refractivity contribution in [2.75, 3.05) is 19.5 Å². The van der Waals surface area contributed by atoms with E-state index in [0.717, 1.165) is 6.42 Å². The summed E-state index contributed by atoms with van der Waals surface area (Å²) >= 11 is 0. The van der Waals surface area contributed by atoms with E-state index in [4.69, 9.17) is 9.47 Å². The van der Waals surface area contributed by atoms with E-state index in [0.29, 0.717) is 5.82 Å². The summed E-state index contributed by atoms with van der Waals surface area (Å²) in [7, 11) is 3.18. The van der Waals surface area contributed by atoms with E-state index >= 15 is 0 Å². The van der Waals surface area contributed by atoms with Gasteiger partial charge < -0.3 is 19.8 Å². The topological polar surface area (TPSA) is 76.2 Å². The molecule has 100 valence electrons. The predicted molar refractivity (Wildman–Crippen MR) is 68.0 cm³/mol. The number of nitrogens with zero attached hydrogens (tertiary/aromatic N) is 1. The zero-order valence-corrected chi connectivity index (χ0v) is 11.1. The van der Waals surface area contributed by atoms with E-state index < -0.39 is 0 Å². The fraction of sp³-hybridized carbons (Fsp3) is 0.667. The van der Waals surface area contributed by atoms with Gasteiger partial charge in [0.1, 0.15) is 0 Å². The van der Waals surface area contributed by atoms with Gasteiger partial charge in [0, 0.05) is 18.6 Å². The number of aromatic amines is 1. The Labute approximate surface area is 106 Å². The summed E-state index contributed by atoms with van der Waals surface area (Å²) < 4.78 is 10.5. The SMILES string of the molecule is COc1c(NC2CC(OC)C2(C)C)nc[nH]c1=O. The van der Waals surface area contributed by atoms with Crippen molar-refractivity contribution >= 4 is 5.82 Å². The Hall–Kier alpha value is -1.56. The van der Waals surface area contributed by atoms with Gasteiger partial charge in [-0.25, -0.2) is 4.98 Å². The van der Waals surface area contributed by atoms with Crippen LogP contribution in [-0.4, -0.2) is 36.3 Å². The van der Waals surface area contributed by atoms with Crippen LogP contribution < -0.4 is 15.6 Å². The molecule has 2 rings (SSSR count). The minimum absolute atomic E-state index is 0.00401. The Bertz CT molecular complexity index is 484. The fourth-order valence-electron chi connectivity index (χ4n) is 2.37. The van der Waals surface area contributed by atoms with Crippen molar-refractivity contribution in [2.24, 2.45) is 5.41 Å². The second-order valence-corrected chi connectivity index (χ2v) is 5.09. The van der Waals surface area contributed by atoms with Crippen molar-refractivity contribution < 1.29 is 9.47 Å². The van der Waals surface area contributed by atoms with Crippen molar-refractivity contribution in [3.63, 3.8) is 0 Å². The molecule has 1 heterocycles. The Balaban J connectivity index is 2.17.